The van der Waals surface area contributed by atoms with Crippen LogP contribution in [-0.2, 0) is 19.6 Å². The second-order valence-electron chi connectivity index (χ2n) is 8.35. The van der Waals surface area contributed by atoms with E-state index in [1.54, 1.807) is 18.1 Å². The quantitative estimate of drug-likeness (QED) is 0.344. The Bertz CT molecular complexity index is 1430. The van der Waals surface area contributed by atoms with Crippen LogP contribution in [0.4, 0.5) is 0 Å². The average molecular weight is 479 g/mol. The van der Waals surface area contributed by atoms with Crippen LogP contribution in [0, 0.1) is 0 Å². The molecule has 3 aromatic carbocycles. The van der Waals surface area contributed by atoms with Gasteiger partial charge in [0, 0.05) is 18.3 Å². The van der Waals surface area contributed by atoms with Crippen molar-refractivity contribution in [3.8, 4) is 17.0 Å². The monoisotopic (exact) mass is 478 g/mol. The van der Waals surface area contributed by atoms with E-state index in [2.05, 4.69) is 15.4 Å². The summed E-state index contributed by atoms with van der Waals surface area (Å²) in [6.07, 6.45) is 5.00. The van der Waals surface area contributed by atoms with E-state index in [1.807, 2.05) is 89.7 Å². The van der Waals surface area contributed by atoms with Crippen molar-refractivity contribution in [1.29, 1.82) is 0 Å². The maximum absolute atomic E-state index is 13.4. The van der Waals surface area contributed by atoms with Gasteiger partial charge in [-0.3, -0.25) is 9.48 Å². The standard InChI is InChI=1S/C28H26N6O2/c1-36-25-13-11-22(12-14-25)27-26(18-33(32-27)16-21-7-3-2-4-8-21)28(35)30-15-23-9-5-6-10-24(23)17-34-20-29-19-31-34/h2-14,18-20H,15-17H2,1H3,(H,30,35). The van der Waals surface area contributed by atoms with Crippen LogP contribution in [0.5, 0.6) is 5.75 Å². The smallest absolute Gasteiger partial charge is 0.255 e. The van der Waals surface area contributed by atoms with E-state index < -0.39 is 0 Å². The summed E-state index contributed by atoms with van der Waals surface area (Å²) in [6.45, 7) is 1.53. The molecule has 1 amide bonds. The molecule has 8 nitrogen and oxygen atoms in total. The summed E-state index contributed by atoms with van der Waals surface area (Å²) in [5, 5.41) is 12.0. The minimum Gasteiger partial charge on any atom is -0.497 e. The molecular weight excluding hydrogens is 452 g/mol. The summed E-state index contributed by atoms with van der Waals surface area (Å²) in [7, 11) is 1.63. The van der Waals surface area contributed by atoms with E-state index in [0.717, 1.165) is 28.0 Å². The van der Waals surface area contributed by atoms with E-state index in [0.29, 0.717) is 30.9 Å². The van der Waals surface area contributed by atoms with Crippen molar-refractivity contribution in [2.75, 3.05) is 7.11 Å². The number of amides is 1. The van der Waals surface area contributed by atoms with Crippen molar-refractivity contribution in [2.24, 2.45) is 0 Å². The number of rotatable bonds is 9. The first-order valence-corrected chi connectivity index (χ1v) is 11.6. The van der Waals surface area contributed by atoms with Gasteiger partial charge < -0.3 is 10.1 Å². The molecule has 8 heteroatoms. The Kier molecular flexibility index (Phi) is 6.84. The third-order valence-corrected chi connectivity index (χ3v) is 5.91. The molecule has 180 valence electrons. The molecule has 0 bridgehead atoms. The highest BCUT2D eigenvalue weighted by molar-refractivity contribution is 5.99. The fourth-order valence-corrected chi connectivity index (χ4v) is 4.04. The van der Waals surface area contributed by atoms with Crippen molar-refractivity contribution in [2.45, 2.75) is 19.6 Å². The van der Waals surface area contributed by atoms with Crippen LogP contribution >= 0.6 is 0 Å². The van der Waals surface area contributed by atoms with E-state index >= 15 is 0 Å². The fraction of sp³-hybridized carbons (Fsp3) is 0.143. The largest absolute Gasteiger partial charge is 0.497 e. The summed E-state index contributed by atoms with van der Waals surface area (Å²) in [5.74, 6) is 0.563. The van der Waals surface area contributed by atoms with Gasteiger partial charge in [0.05, 0.1) is 25.8 Å². The minimum absolute atomic E-state index is 0.185. The lowest BCUT2D eigenvalue weighted by atomic mass is 10.1. The van der Waals surface area contributed by atoms with Gasteiger partial charge in [-0.05, 0) is 41.0 Å². The Hall–Kier alpha value is -4.72. The van der Waals surface area contributed by atoms with Crippen molar-refractivity contribution in [3.05, 3.63) is 120 Å². The number of nitrogens with one attached hydrogen (secondary N) is 1. The van der Waals surface area contributed by atoms with Gasteiger partial charge in [0.25, 0.3) is 5.91 Å². The molecule has 0 atom stereocenters. The first-order chi connectivity index (χ1) is 17.7. The summed E-state index contributed by atoms with van der Waals surface area (Å²) in [4.78, 5) is 17.4. The predicted molar refractivity (Wildman–Crippen MR) is 136 cm³/mol. The second kappa shape index (κ2) is 10.7. The minimum atomic E-state index is -0.185. The van der Waals surface area contributed by atoms with Gasteiger partial charge in [-0.25, -0.2) is 9.67 Å². The zero-order chi connectivity index (χ0) is 24.7. The van der Waals surface area contributed by atoms with E-state index in [9.17, 15) is 4.79 Å². The molecule has 2 heterocycles. The normalized spacial score (nSPS) is 10.8. The van der Waals surface area contributed by atoms with Crippen molar-refractivity contribution < 1.29 is 9.53 Å². The van der Waals surface area contributed by atoms with E-state index in [4.69, 9.17) is 9.84 Å². The molecule has 0 aliphatic heterocycles. The maximum atomic E-state index is 13.4. The molecule has 5 rings (SSSR count). The lowest BCUT2D eigenvalue weighted by Crippen LogP contribution is -2.24. The number of hydrogen-bond donors (Lipinski definition) is 1. The Morgan fingerprint density at radius 1 is 0.889 bits per heavy atom. The number of ether oxygens (including phenoxy) is 1. The van der Waals surface area contributed by atoms with Gasteiger partial charge in [0.2, 0.25) is 0 Å². The van der Waals surface area contributed by atoms with Gasteiger partial charge in [0.15, 0.2) is 0 Å². The Balaban J connectivity index is 1.39. The van der Waals surface area contributed by atoms with Crippen LogP contribution < -0.4 is 10.1 Å². The van der Waals surface area contributed by atoms with Crippen LogP contribution in [0.25, 0.3) is 11.3 Å². The zero-order valence-electron chi connectivity index (χ0n) is 19.9. The third-order valence-electron chi connectivity index (χ3n) is 5.91. The molecule has 36 heavy (non-hydrogen) atoms. The van der Waals surface area contributed by atoms with E-state index in [-0.39, 0.29) is 5.91 Å². The molecule has 0 aliphatic carbocycles. The summed E-state index contributed by atoms with van der Waals surface area (Å²) in [6, 6.07) is 25.6. The Morgan fingerprint density at radius 2 is 1.64 bits per heavy atom. The SMILES string of the molecule is COc1ccc(-c2nn(Cc3ccccc3)cc2C(=O)NCc2ccccc2Cn2cncn2)cc1. The van der Waals surface area contributed by atoms with Crippen LogP contribution in [0.15, 0.2) is 97.7 Å². The van der Waals surface area contributed by atoms with Crippen molar-refractivity contribution >= 4 is 5.91 Å². The Labute approximate surface area is 209 Å². The zero-order valence-corrected chi connectivity index (χ0v) is 19.9. The molecule has 5 aromatic rings. The number of benzene rings is 3. The summed E-state index contributed by atoms with van der Waals surface area (Å²) in [5.41, 5.74) is 5.18. The highest BCUT2D eigenvalue weighted by Gasteiger charge is 2.19. The van der Waals surface area contributed by atoms with Crippen LogP contribution in [-0.4, -0.2) is 37.6 Å². The molecule has 0 saturated heterocycles. The van der Waals surface area contributed by atoms with Crippen molar-refractivity contribution in [1.82, 2.24) is 29.9 Å². The highest BCUT2D eigenvalue weighted by Crippen LogP contribution is 2.25. The molecule has 2 aromatic heterocycles. The predicted octanol–water partition coefficient (Wildman–Crippen LogP) is 4.18. The number of hydrogen-bond acceptors (Lipinski definition) is 5. The average Bonchev–Trinajstić information content (AvgIpc) is 3.59. The van der Waals surface area contributed by atoms with Gasteiger partial charge >= 0.3 is 0 Å². The first kappa shape index (κ1) is 23.0. The molecule has 0 aliphatic rings. The molecule has 1 N–H and O–H groups in total. The summed E-state index contributed by atoms with van der Waals surface area (Å²) < 4.78 is 8.86. The molecular formula is C28H26N6O2. The number of methoxy groups -OCH3 is 1. The first-order valence-electron chi connectivity index (χ1n) is 11.6. The second-order valence-corrected chi connectivity index (χ2v) is 8.35. The molecule has 0 unspecified atom stereocenters. The maximum Gasteiger partial charge on any atom is 0.255 e. The third kappa shape index (κ3) is 5.33. The fourth-order valence-electron chi connectivity index (χ4n) is 4.04. The molecule has 0 saturated carbocycles. The lowest BCUT2D eigenvalue weighted by Gasteiger charge is -2.11. The van der Waals surface area contributed by atoms with Gasteiger partial charge in [-0.2, -0.15) is 10.2 Å². The number of nitrogens with zero attached hydrogens (tertiary/aromatic N) is 5. The topological polar surface area (TPSA) is 86.9 Å². The van der Waals surface area contributed by atoms with Crippen LogP contribution in [0.3, 0.4) is 0 Å². The van der Waals surface area contributed by atoms with Gasteiger partial charge in [-0.15, -0.1) is 0 Å². The van der Waals surface area contributed by atoms with Gasteiger partial charge in [0.1, 0.15) is 24.1 Å². The van der Waals surface area contributed by atoms with Crippen LogP contribution in [0.1, 0.15) is 27.0 Å². The highest BCUT2D eigenvalue weighted by atomic mass is 16.5. The number of carbonyl (C=O) groups excluding carboxylic acids is 1. The van der Waals surface area contributed by atoms with Crippen molar-refractivity contribution in [3.63, 3.8) is 0 Å². The lowest BCUT2D eigenvalue weighted by molar-refractivity contribution is 0.0951. The number of carbonyl (C=O) groups is 1. The Morgan fingerprint density at radius 3 is 2.36 bits per heavy atom. The molecule has 0 radical (unpaired) electrons. The molecule has 0 spiro atoms. The number of aromatic nitrogens is 5. The summed E-state index contributed by atoms with van der Waals surface area (Å²) >= 11 is 0. The van der Waals surface area contributed by atoms with Gasteiger partial charge in [-0.1, -0.05) is 54.6 Å². The molecule has 0 fully saturated rings. The van der Waals surface area contributed by atoms with E-state index in [1.165, 1.54) is 6.33 Å². The van der Waals surface area contributed by atoms with Crippen LogP contribution in [0.2, 0.25) is 0 Å².